The molecule has 3 N–H and O–H groups in total. The minimum Gasteiger partial charge on any atom is -0.375 e. The third-order valence-electron chi connectivity index (χ3n) is 3.97. The lowest BCUT2D eigenvalue weighted by Gasteiger charge is -2.27. The Morgan fingerprint density at radius 3 is 2.67 bits per heavy atom. The van der Waals surface area contributed by atoms with E-state index in [9.17, 15) is 4.79 Å². The van der Waals surface area contributed by atoms with Crippen molar-refractivity contribution in [2.75, 3.05) is 25.0 Å². The first-order chi connectivity index (χ1) is 9.89. The van der Waals surface area contributed by atoms with Gasteiger partial charge in [-0.05, 0) is 57.4 Å². The molecule has 4 nitrogen and oxygen atoms in total. The van der Waals surface area contributed by atoms with E-state index in [1.54, 1.807) is 0 Å². The zero-order valence-corrected chi connectivity index (χ0v) is 13.8. The van der Waals surface area contributed by atoms with Gasteiger partial charge in [0.05, 0.1) is 5.54 Å². The highest BCUT2D eigenvalue weighted by atomic mass is 16.1. The average Bonchev–Trinajstić information content (AvgIpc) is 2.43. The Morgan fingerprint density at radius 2 is 2.10 bits per heavy atom. The number of unbranched alkanes of at least 4 members (excludes halogenated alkanes) is 1. The van der Waals surface area contributed by atoms with Crippen LogP contribution in [0.1, 0.15) is 38.7 Å². The van der Waals surface area contributed by atoms with Crippen LogP contribution in [0.4, 0.5) is 5.69 Å². The summed E-state index contributed by atoms with van der Waals surface area (Å²) in [6.45, 7) is 7.72. The molecule has 0 saturated heterocycles. The van der Waals surface area contributed by atoms with E-state index in [-0.39, 0.29) is 5.91 Å². The zero-order chi connectivity index (χ0) is 15.9. The third-order valence-corrected chi connectivity index (χ3v) is 3.97. The first kappa shape index (κ1) is 17.5. The molecule has 0 aromatic heterocycles. The minimum absolute atomic E-state index is 0.267. The SMILES string of the molecule is CCNC(C)(CCCCN(C)c1cccc(C)c1)C(N)=O. The molecule has 1 amide bonds. The van der Waals surface area contributed by atoms with E-state index in [4.69, 9.17) is 5.73 Å². The summed E-state index contributed by atoms with van der Waals surface area (Å²) in [5.41, 5.74) is 7.41. The molecule has 0 radical (unpaired) electrons. The molecule has 0 heterocycles. The summed E-state index contributed by atoms with van der Waals surface area (Å²) in [4.78, 5) is 13.8. The number of nitrogens with two attached hydrogens (primary N) is 1. The molecule has 1 unspecified atom stereocenters. The third kappa shape index (κ3) is 5.38. The van der Waals surface area contributed by atoms with Gasteiger partial charge in [-0.2, -0.15) is 0 Å². The molecule has 0 fully saturated rings. The Hall–Kier alpha value is -1.55. The number of benzene rings is 1. The van der Waals surface area contributed by atoms with Crippen LogP contribution in [0.2, 0.25) is 0 Å². The van der Waals surface area contributed by atoms with Gasteiger partial charge in [0.1, 0.15) is 0 Å². The first-order valence-corrected chi connectivity index (χ1v) is 7.72. The molecule has 1 rings (SSSR count). The number of nitrogens with one attached hydrogen (secondary N) is 1. The number of aryl methyl sites for hydroxylation is 1. The summed E-state index contributed by atoms with van der Waals surface area (Å²) in [6.07, 6.45) is 2.79. The maximum Gasteiger partial charge on any atom is 0.237 e. The summed E-state index contributed by atoms with van der Waals surface area (Å²) in [5, 5.41) is 3.20. The van der Waals surface area contributed by atoms with Crippen LogP contribution in [0.15, 0.2) is 24.3 Å². The molecule has 0 aliphatic carbocycles. The van der Waals surface area contributed by atoms with Crippen molar-refractivity contribution in [3.05, 3.63) is 29.8 Å². The highest BCUT2D eigenvalue weighted by Crippen LogP contribution is 2.17. The van der Waals surface area contributed by atoms with Gasteiger partial charge in [-0.3, -0.25) is 4.79 Å². The number of anilines is 1. The molecule has 0 aliphatic rings. The normalized spacial score (nSPS) is 13.7. The van der Waals surface area contributed by atoms with Gasteiger partial charge >= 0.3 is 0 Å². The van der Waals surface area contributed by atoms with Crippen LogP contribution >= 0.6 is 0 Å². The number of rotatable bonds is 9. The van der Waals surface area contributed by atoms with E-state index in [0.717, 1.165) is 32.4 Å². The van der Waals surface area contributed by atoms with Crippen molar-refractivity contribution < 1.29 is 4.79 Å². The van der Waals surface area contributed by atoms with Gasteiger partial charge < -0.3 is 16.0 Å². The van der Waals surface area contributed by atoms with Gasteiger partial charge in [0.2, 0.25) is 5.91 Å². The summed E-state index contributed by atoms with van der Waals surface area (Å²) < 4.78 is 0. The van der Waals surface area contributed by atoms with E-state index >= 15 is 0 Å². The zero-order valence-electron chi connectivity index (χ0n) is 13.8. The van der Waals surface area contributed by atoms with Crippen LogP contribution in [0.5, 0.6) is 0 Å². The molecule has 1 aromatic carbocycles. The molecule has 21 heavy (non-hydrogen) atoms. The lowest BCUT2D eigenvalue weighted by molar-refractivity contribution is -0.124. The summed E-state index contributed by atoms with van der Waals surface area (Å²) in [5.74, 6) is -0.267. The largest absolute Gasteiger partial charge is 0.375 e. The Morgan fingerprint density at radius 1 is 1.38 bits per heavy atom. The molecule has 0 saturated carbocycles. The van der Waals surface area contributed by atoms with Crippen LogP contribution < -0.4 is 16.0 Å². The van der Waals surface area contributed by atoms with Crippen LogP contribution in [0, 0.1) is 6.92 Å². The molecular weight excluding hydrogens is 262 g/mol. The number of hydrogen-bond donors (Lipinski definition) is 2. The van der Waals surface area contributed by atoms with Gasteiger partial charge in [0, 0.05) is 19.3 Å². The first-order valence-electron chi connectivity index (χ1n) is 7.72. The molecule has 4 heteroatoms. The maximum absolute atomic E-state index is 11.5. The van der Waals surface area contributed by atoms with Crippen LogP contribution in [-0.4, -0.2) is 31.6 Å². The maximum atomic E-state index is 11.5. The van der Waals surface area contributed by atoms with E-state index < -0.39 is 5.54 Å². The smallest absolute Gasteiger partial charge is 0.237 e. The van der Waals surface area contributed by atoms with E-state index in [1.807, 2.05) is 13.8 Å². The second kappa shape index (κ2) is 8.03. The summed E-state index contributed by atoms with van der Waals surface area (Å²) in [7, 11) is 2.10. The second-order valence-electron chi connectivity index (χ2n) is 5.94. The Bertz CT molecular complexity index is 461. The monoisotopic (exact) mass is 291 g/mol. The fourth-order valence-electron chi connectivity index (χ4n) is 2.51. The van der Waals surface area contributed by atoms with Gasteiger partial charge in [0.15, 0.2) is 0 Å². The molecule has 0 bridgehead atoms. The molecule has 0 aliphatic heterocycles. The molecule has 1 atom stereocenters. The molecular formula is C17H29N3O. The summed E-state index contributed by atoms with van der Waals surface area (Å²) >= 11 is 0. The molecule has 118 valence electrons. The summed E-state index contributed by atoms with van der Waals surface area (Å²) in [6, 6.07) is 8.49. The van der Waals surface area contributed by atoms with E-state index in [0.29, 0.717) is 0 Å². The lowest BCUT2D eigenvalue weighted by Crippen LogP contribution is -2.53. The molecule has 1 aromatic rings. The van der Waals surface area contributed by atoms with Crippen LogP contribution in [-0.2, 0) is 4.79 Å². The molecule has 0 spiro atoms. The standard InChI is InChI=1S/C17H29N3O/c1-5-19-17(3,16(18)21)11-6-7-12-20(4)15-10-8-9-14(2)13-15/h8-10,13,19H,5-7,11-12H2,1-4H3,(H2,18,21). The number of primary amides is 1. The fraction of sp³-hybridized carbons (Fsp3) is 0.588. The van der Waals surface area contributed by atoms with Crippen LogP contribution in [0.3, 0.4) is 0 Å². The van der Waals surface area contributed by atoms with Crippen molar-refractivity contribution in [1.29, 1.82) is 0 Å². The van der Waals surface area contributed by atoms with Crippen LogP contribution in [0.25, 0.3) is 0 Å². The van der Waals surface area contributed by atoms with E-state index in [1.165, 1.54) is 11.3 Å². The van der Waals surface area contributed by atoms with Crippen molar-refractivity contribution >= 4 is 11.6 Å². The number of carbonyl (C=O) groups is 1. The Kier molecular flexibility index (Phi) is 6.69. The Balaban J connectivity index is 2.41. The predicted molar refractivity (Wildman–Crippen MR) is 89.6 cm³/mol. The average molecular weight is 291 g/mol. The van der Waals surface area contributed by atoms with Crippen molar-refractivity contribution in [3.8, 4) is 0 Å². The minimum atomic E-state index is -0.587. The number of hydrogen-bond acceptors (Lipinski definition) is 3. The quantitative estimate of drug-likeness (QED) is 0.687. The van der Waals surface area contributed by atoms with E-state index in [2.05, 4.69) is 48.5 Å². The number of amides is 1. The predicted octanol–water partition coefficient (Wildman–Crippen LogP) is 2.46. The number of nitrogens with zero attached hydrogens (tertiary/aromatic N) is 1. The van der Waals surface area contributed by atoms with Crippen molar-refractivity contribution in [1.82, 2.24) is 5.32 Å². The van der Waals surface area contributed by atoms with Crippen molar-refractivity contribution in [3.63, 3.8) is 0 Å². The number of likely N-dealkylation sites (N-methyl/N-ethyl adjacent to an activating group) is 1. The second-order valence-corrected chi connectivity index (χ2v) is 5.94. The highest BCUT2D eigenvalue weighted by Gasteiger charge is 2.28. The highest BCUT2D eigenvalue weighted by molar-refractivity contribution is 5.84. The topological polar surface area (TPSA) is 58.4 Å². The van der Waals surface area contributed by atoms with Crippen molar-refractivity contribution in [2.45, 2.75) is 45.6 Å². The fourth-order valence-corrected chi connectivity index (χ4v) is 2.51. The lowest BCUT2D eigenvalue weighted by atomic mass is 9.94. The van der Waals surface area contributed by atoms with Gasteiger partial charge in [-0.25, -0.2) is 0 Å². The van der Waals surface area contributed by atoms with Gasteiger partial charge in [-0.15, -0.1) is 0 Å². The Labute approximate surface area is 128 Å². The van der Waals surface area contributed by atoms with Crippen molar-refractivity contribution in [2.24, 2.45) is 5.73 Å². The number of carbonyl (C=O) groups excluding carboxylic acids is 1. The van der Waals surface area contributed by atoms with Gasteiger partial charge in [0.25, 0.3) is 0 Å². The van der Waals surface area contributed by atoms with Gasteiger partial charge in [-0.1, -0.05) is 19.1 Å².